The standard InChI is InChI=1S/C15H17N3/c1-10-5-3-4-6-12(10)13-9-14(16-2)18-15(17-13)11-7-8-11/h3-6,9,11H,7-8H2,1-2H3,(H,16,17,18). The molecule has 0 amide bonds. The van der Waals surface area contributed by atoms with E-state index in [1.54, 1.807) is 0 Å². The Labute approximate surface area is 107 Å². The molecule has 1 heterocycles. The maximum atomic E-state index is 4.72. The lowest BCUT2D eigenvalue weighted by molar-refractivity contribution is 0.932. The molecule has 0 bridgehead atoms. The quantitative estimate of drug-likeness (QED) is 0.892. The summed E-state index contributed by atoms with van der Waals surface area (Å²) in [5.74, 6) is 2.46. The van der Waals surface area contributed by atoms with E-state index in [0.29, 0.717) is 5.92 Å². The SMILES string of the molecule is CNc1cc(-c2ccccc2C)nc(C2CC2)n1. The number of aromatic nitrogens is 2. The predicted molar refractivity (Wildman–Crippen MR) is 73.7 cm³/mol. The summed E-state index contributed by atoms with van der Waals surface area (Å²) in [4.78, 5) is 9.27. The Morgan fingerprint density at radius 1 is 1.17 bits per heavy atom. The molecule has 3 heteroatoms. The van der Waals surface area contributed by atoms with Crippen molar-refractivity contribution in [1.29, 1.82) is 0 Å². The molecule has 0 spiro atoms. The van der Waals surface area contributed by atoms with Gasteiger partial charge in [-0.15, -0.1) is 0 Å². The molecule has 3 rings (SSSR count). The third-order valence-electron chi connectivity index (χ3n) is 3.36. The minimum absolute atomic E-state index is 0.570. The van der Waals surface area contributed by atoms with Crippen LogP contribution in [-0.4, -0.2) is 17.0 Å². The van der Waals surface area contributed by atoms with Gasteiger partial charge < -0.3 is 5.32 Å². The molecule has 1 fully saturated rings. The second-order valence-corrected chi connectivity index (χ2v) is 4.84. The number of nitrogens with zero attached hydrogens (tertiary/aromatic N) is 2. The molecule has 1 aromatic heterocycles. The fraction of sp³-hybridized carbons (Fsp3) is 0.333. The van der Waals surface area contributed by atoms with Gasteiger partial charge in [-0.2, -0.15) is 0 Å². The summed E-state index contributed by atoms with van der Waals surface area (Å²) in [5.41, 5.74) is 3.47. The van der Waals surface area contributed by atoms with Crippen molar-refractivity contribution in [1.82, 2.24) is 9.97 Å². The van der Waals surface area contributed by atoms with Crippen LogP contribution in [0.3, 0.4) is 0 Å². The number of hydrogen-bond acceptors (Lipinski definition) is 3. The maximum absolute atomic E-state index is 4.72. The third-order valence-corrected chi connectivity index (χ3v) is 3.36. The number of anilines is 1. The summed E-state index contributed by atoms with van der Waals surface area (Å²) in [6.07, 6.45) is 2.45. The monoisotopic (exact) mass is 239 g/mol. The van der Waals surface area contributed by atoms with Gasteiger partial charge in [0.05, 0.1) is 5.69 Å². The van der Waals surface area contributed by atoms with Crippen molar-refractivity contribution in [3.05, 3.63) is 41.7 Å². The molecule has 1 saturated carbocycles. The van der Waals surface area contributed by atoms with Crippen molar-refractivity contribution in [2.24, 2.45) is 0 Å². The molecule has 0 atom stereocenters. The Morgan fingerprint density at radius 2 is 1.94 bits per heavy atom. The van der Waals surface area contributed by atoms with Gasteiger partial charge in [-0.1, -0.05) is 24.3 Å². The largest absolute Gasteiger partial charge is 0.373 e. The lowest BCUT2D eigenvalue weighted by Gasteiger charge is -2.09. The van der Waals surface area contributed by atoms with Gasteiger partial charge >= 0.3 is 0 Å². The second kappa shape index (κ2) is 4.41. The molecule has 0 radical (unpaired) electrons. The van der Waals surface area contributed by atoms with E-state index >= 15 is 0 Å². The summed E-state index contributed by atoms with van der Waals surface area (Å²) in [7, 11) is 1.90. The van der Waals surface area contributed by atoms with Crippen LogP contribution in [0.25, 0.3) is 11.3 Å². The molecule has 0 saturated heterocycles. The Kier molecular flexibility index (Phi) is 2.74. The Bertz CT molecular complexity index is 574. The first kappa shape index (κ1) is 11.2. The number of benzene rings is 1. The van der Waals surface area contributed by atoms with Crippen molar-refractivity contribution in [3.63, 3.8) is 0 Å². The van der Waals surface area contributed by atoms with Crippen LogP contribution in [0.5, 0.6) is 0 Å². The number of rotatable bonds is 3. The smallest absolute Gasteiger partial charge is 0.134 e. The molecular formula is C15H17N3. The van der Waals surface area contributed by atoms with E-state index in [1.165, 1.54) is 24.0 Å². The minimum Gasteiger partial charge on any atom is -0.373 e. The second-order valence-electron chi connectivity index (χ2n) is 4.84. The first-order chi connectivity index (χ1) is 8.78. The highest BCUT2D eigenvalue weighted by atomic mass is 15.0. The van der Waals surface area contributed by atoms with Gasteiger partial charge in [0.1, 0.15) is 11.6 Å². The topological polar surface area (TPSA) is 37.8 Å². The zero-order valence-electron chi connectivity index (χ0n) is 10.8. The van der Waals surface area contributed by atoms with Crippen LogP contribution in [0.2, 0.25) is 0 Å². The normalized spacial score (nSPS) is 14.6. The van der Waals surface area contributed by atoms with Crippen molar-refractivity contribution in [2.75, 3.05) is 12.4 Å². The van der Waals surface area contributed by atoms with Gasteiger partial charge in [-0.05, 0) is 25.3 Å². The minimum atomic E-state index is 0.570. The van der Waals surface area contributed by atoms with Crippen molar-refractivity contribution < 1.29 is 0 Å². The van der Waals surface area contributed by atoms with Gasteiger partial charge in [0, 0.05) is 24.6 Å². The lowest BCUT2D eigenvalue weighted by atomic mass is 10.1. The number of hydrogen-bond donors (Lipinski definition) is 1. The van der Waals surface area contributed by atoms with Crippen LogP contribution >= 0.6 is 0 Å². The van der Waals surface area contributed by atoms with Crippen molar-refractivity contribution in [2.45, 2.75) is 25.7 Å². The van der Waals surface area contributed by atoms with Crippen molar-refractivity contribution in [3.8, 4) is 11.3 Å². The fourth-order valence-electron chi connectivity index (χ4n) is 2.12. The van der Waals surface area contributed by atoms with Crippen LogP contribution in [0, 0.1) is 6.92 Å². The average molecular weight is 239 g/mol. The summed E-state index contributed by atoms with van der Waals surface area (Å²) in [6.45, 7) is 2.12. The summed E-state index contributed by atoms with van der Waals surface area (Å²) >= 11 is 0. The van der Waals surface area contributed by atoms with E-state index < -0.39 is 0 Å². The molecule has 1 N–H and O–H groups in total. The van der Waals surface area contributed by atoms with Gasteiger partial charge in [0.2, 0.25) is 0 Å². The highest BCUT2D eigenvalue weighted by molar-refractivity contribution is 5.66. The summed E-state index contributed by atoms with van der Waals surface area (Å²) < 4.78 is 0. The van der Waals surface area contributed by atoms with E-state index in [1.807, 2.05) is 13.1 Å². The van der Waals surface area contributed by atoms with E-state index in [2.05, 4.69) is 41.5 Å². The van der Waals surface area contributed by atoms with E-state index in [-0.39, 0.29) is 0 Å². The van der Waals surface area contributed by atoms with Gasteiger partial charge in [0.25, 0.3) is 0 Å². The molecule has 1 aromatic carbocycles. The van der Waals surface area contributed by atoms with Gasteiger partial charge in [-0.3, -0.25) is 0 Å². The molecule has 18 heavy (non-hydrogen) atoms. The van der Waals surface area contributed by atoms with Crippen LogP contribution in [0.4, 0.5) is 5.82 Å². The number of nitrogens with one attached hydrogen (secondary N) is 1. The first-order valence-electron chi connectivity index (χ1n) is 6.40. The molecule has 3 nitrogen and oxygen atoms in total. The Morgan fingerprint density at radius 3 is 2.61 bits per heavy atom. The first-order valence-corrected chi connectivity index (χ1v) is 6.40. The zero-order chi connectivity index (χ0) is 12.5. The van der Waals surface area contributed by atoms with Crippen LogP contribution < -0.4 is 5.32 Å². The molecular weight excluding hydrogens is 222 g/mol. The van der Waals surface area contributed by atoms with Crippen LogP contribution in [-0.2, 0) is 0 Å². The zero-order valence-corrected chi connectivity index (χ0v) is 10.8. The highest BCUT2D eigenvalue weighted by Crippen LogP contribution is 2.39. The predicted octanol–water partition coefficient (Wildman–Crippen LogP) is 3.37. The molecule has 1 aliphatic rings. The highest BCUT2D eigenvalue weighted by Gasteiger charge is 2.27. The summed E-state index contributed by atoms with van der Waals surface area (Å²) in [6, 6.07) is 10.4. The molecule has 0 aliphatic heterocycles. The van der Waals surface area contributed by atoms with Crippen molar-refractivity contribution >= 4 is 5.82 Å². The molecule has 2 aromatic rings. The van der Waals surface area contributed by atoms with Gasteiger partial charge in [-0.25, -0.2) is 9.97 Å². The third kappa shape index (κ3) is 2.08. The average Bonchev–Trinajstić information content (AvgIpc) is 3.23. The molecule has 0 unspecified atom stereocenters. The Balaban J connectivity index is 2.10. The maximum Gasteiger partial charge on any atom is 0.134 e. The molecule has 1 aliphatic carbocycles. The van der Waals surface area contributed by atoms with E-state index in [9.17, 15) is 0 Å². The number of aryl methyl sites for hydroxylation is 1. The van der Waals surface area contributed by atoms with Crippen LogP contribution in [0.15, 0.2) is 30.3 Å². The lowest BCUT2D eigenvalue weighted by Crippen LogP contribution is -2.01. The fourth-order valence-corrected chi connectivity index (χ4v) is 2.12. The van der Waals surface area contributed by atoms with Gasteiger partial charge in [0.15, 0.2) is 0 Å². The van der Waals surface area contributed by atoms with E-state index in [0.717, 1.165) is 17.3 Å². The molecule has 92 valence electrons. The Hall–Kier alpha value is -1.90. The van der Waals surface area contributed by atoms with Crippen LogP contribution in [0.1, 0.15) is 30.1 Å². The summed E-state index contributed by atoms with van der Waals surface area (Å²) in [5, 5.41) is 3.13. The van der Waals surface area contributed by atoms with E-state index in [4.69, 9.17) is 4.98 Å².